The Morgan fingerprint density at radius 1 is 1.35 bits per heavy atom. The van der Waals surface area contributed by atoms with Crippen molar-refractivity contribution < 1.29 is 4.79 Å². The predicted octanol–water partition coefficient (Wildman–Crippen LogP) is 4.00. The lowest BCUT2D eigenvalue weighted by molar-refractivity contribution is -0.115. The summed E-state index contributed by atoms with van der Waals surface area (Å²) >= 11 is 7.47. The minimum Gasteiger partial charge on any atom is -0.322 e. The maximum Gasteiger partial charge on any atom is 0.237 e. The van der Waals surface area contributed by atoms with Gasteiger partial charge in [-0.2, -0.15) is 5.10 Å². The lowest BCUT2D eigenvalue weighted by atomic mass is 10.3. The Balaban J connectivity index is 1.75. The largest absolute Gasteiger partial charge is 0.322 e. The monoisotopic (exact) mass is 389 g/mol. The SMILES string of the molecule is Cc1nn(C)c(C)c1NC(=O)C(C)Sc1nccn1-c1cccc(Cl)c1. The van der Waals surface area contributed by atoms with Crippen LogP contribution in [0.3, 0.4) is 0 Å². The molecule has 0 aliphatic carbocycles. The van der Waals surface area contributed by atoms with E-state index < -0.39 is 0 Å². The van der Waals surface area contributed by atoms with Gasteiger partial charge < -0.3 is 5.32 Å². The molecule has 136 valence electrons. The fourth-order valence-corrected chi connectivity index (χ4v) is 3.66. The van der Waals surface area contributed by atoms with E-state index in [1.54, 1.807) is 10.9 Å². The van der Waals surface area contributed by atoms with Gasteiger partial charge in [-0.25, -0.2) is 4.98 Å². The van der Waals surface area contributed by atoms with Gasteiger partial charge in [-0.05, 0) is 39.0 Å². The zero-order chi connectivity index (χ0) is 18.8. The molecule has 0 fully saturated rings. The van der Waals surface area contributed by atoms with E-state index in [4.69, 9.17) is 11.6 Å². The van der Waals surface area contributed by atoms with E-state index in [0.29, 0.717) is 5.02 Å². The molecule has 3 aromatic rings. The number of aromatic nitrogens is 4. The van der Waals surface area contributed by atoms with Crippen molar-refractivity contribution in [3.63, 3.8) is 0 Å². The summed E-state index contributed by atoms with van der Waals surface area (Å²) < 4.78 is 3.68. The van der Waals surface area contributed by atoms with Crippen LogP contribution in [-0.2, 0) is 11.8 Å². The zero-order valence-electron chi connectivity index (χ0n) is 15.0. The quantitative estimate of drug-likeness (QED) is 0.670. The van der Waals surface area contributed by atoms with E-state index in [0.717, 1.165) is 27.9 Å². The van der Waals surface area contributed by atoms with Crippen molar-refractivity contribution in [2.24, 2.45) is 7.05 Å². The second-order valence-corrected chi connectivity index (χ2v) is 7.72. The number of amides is 1. The lowest BCUT2D eigenvalue weighted by Gasteiger charge is -2.13. The highest BCUT2D eigenvalue weighted by molar-refractivity contribution is 8.00. The first-order valence-corrected chi connectivity index (χ1v) is 9.39. The summed E-state index contributed by atoms with van der Waals surface area (Å²) in [5.41, 5.74) is 3.40. The van der Waals surface area contributed by atoms with Crippen LogP contribution < -0.4 is 5.32 Å². The predicted molar refractivity (Wildman–Crippen MR) is 105 cm³/mol. The molecular weight excluding hydrogens is 370 g/mol. The molecule has 1 atom stereocenters. The Kier molecular flexibility index (Phi) is 5.38. The van der Waals surface area contributed by atoms with Crippen LogP contribution in [0, 0.1) is 13.8 Å². The molecule has 2 heterocycles. The van der Waals surface area contributed by atoms with E-state index in [1.165, 1.54) is 11.8 Å². The van der Waals surface area contributed by atoms with Crippen LogP contribution in [0.15, 0.2) is 41.8 Å². The van der Waals surface area contributed by atoms with Crippen molar-refractivity contribution in [1.82, 2.24) is 19.3 Å². The zero-order valence-corrected chi connectivity index (χ0v) is 16.6. The van der Waals surface area contributed by atoms with E-state index >= 15 is 0 Å². The fourth-order valence-electron chi connectivity index (χ4n) is 2.59. The molecule has 1 aromatic carbocycles. The van der Waals surface area contributed by atoms with Crippen LogP contribution in [0.2, 0.25) is 5.02 Å². The van der Waals surface area contributed by atoms with Gasteiger partial charge >= 0.3 is 0 Å². The number of benzene rings is 1. The maximum atomic E-state index is 12.6. The highest BCUT2D eigenvalue weighted by atomic mass is 35.5. The molecule has 0 saturated heterocycles. The molecule has 0 saturated carbocycles. The normalized spacial score (nSPS) is 12.2. The molecule has 0 bridgehead atoms. The van der Waals surface area contributed by atoms with Gasteiger partial charge in [-0.15, -0.1) is 0 Å². The first-order chi connectivity index (χ1) is 12.4. The van der Waals surface area contributed by atoms with E-state index in [2.05, 4.69) is 15.4 Å². The van der Waals surface area contributed by atoms with Gasteiger partial charge in [-0.3, -0.25) is 14.0 Å². The van der Waals surface area contributed by atoms with Gasteiger partial charge in [0.05, 0.1) is 22.3 Å². The molecule has 0 spiro atoms. The average Bonchev–Trinajstić information content (AvgIpc) is 3.15. The highest BCUT2D eigenvalue weighted by Crippen LogP contribution is 2.27. The van der Waals surface area contributed by atoms with Gasteiger partial charge in [-0.1, -0.05) is 29.4 Å². The molecule has 0 radical (unpaired) electrons. The molecular formula is C18H20ClN5OS. The summed E-state index contributed by atoms with van der Waals surface area (Å²) in [5, 5.41) is 8.37. The third-order valence-electron chi connectivity index (χ3n) is 4.10. The summed E-state index contributed by atoms with van der Waals surface area (Å²) in [4.78, 5) is 17.0. The average molecular weight is 390 g/mol. The molecule has 6 nitrogen and oxygen atoms in total. The van der Waals surface area contributed by atoms with Crippen LogP contribution in [0.4, 0.5) is 5.69 Å². The van der Waals surface area contributed by atoms with Crippen LogP contribution in [0.1, 0.15) is 18.3 Å². The molecule has 2 aromatic heterocycles. The van der Waals surface area contributed by atoms with Crippen molar-refractivity contribution in [3.8, 4) is 5.69 Å². The number of hydrogen-bond acceptors (Lipinski definition) is 4. The van der Waals surface area contributed by atoms with Crippen molar-refractivity contribution >= 4 is 35.0 Å². The molecule has 1 N–H and O–H groups in total. The number of carbonyl (C=O) groups is 1. The standard InChI is InChI=1S/C18H20ClN5OS/c1-11-16(12(2)23(4)22-11)21-17(25)13(3)26-18-20-8-9-24(18)15-7-5-6-14(19)10-15/h5-10,13H,1-4H3,(H,21,25). The number of aryl methyl sites for hydroxylation is 2. The third kappa shape index (κ3) is 3.78. The van der Waals surface area contributed by atoms with Crippen molar-refractivity contribution in [2.75, 3.05) is 5.32 Å². The topological polar surface area (TPSA) is 64.7 Å². The Morgan fingerprint density at radius 2 is 2.12 bits per heavy atom. The summed E-state index contributed by atoms with van der Waals surface area (Å²) in [6.45, 7) is 5.67. The number of anilines is 1. The minimum absolute atomic E-state index is 0.0881. The summed E-state index contributed by atoms with van der Waals surface area (Å²) in [6.07, 6.45) is 3.57. The second kappa shape index (κ2) is 7.55. The van der Waals surface area contributed by atoms with Gasteiger partial charge in [0.15, 0.2) is 5.16 Å². The maximum absolute atomic E-state index is 12.6. The summed E-state index contributed by atoms with van der Waals surface area (Å²) in [5.74, 6) is -0.0881. The van der Waals surface area contributed by atoms with Gasteiger partial charge in [0.1, 0.15) is 0 Å². The summed E-state index contributed by atoms with van der Waals surface area (Å²) in [6, 6.07) is 7.52. The van der Waals surface area contributed by atoms with Crippen molar-refractivity contribution in [2.45, 2.75) is 31.2 Å². The van der Waals surface area contributed by atoms with E-state index in [1.807, 2.05) is 62.8 Å². The first kappa shape index (κ1) is 18.5. The number of nitrogens with zero attached hydrogens (tertiary/aromatic N) is 4. The Labute approximate surface area is 161 Å². The number of thioether (sulfide) groups is 1. The first-order valence-electron chi connectivity index (χ1n) is 8.14. The fraction of sp³-hybridized carbons (Fsp3) is 0.278. The van der Waals surface area contributed by atoms with Crippen LogP contribution >= 0.6 is 23.4 Å². The van der Waals surface area contributed by atoms with Crippen molar-refractivity contribution in [1.29, 1.82) is 0 Å². The molecule has 3 rings (SSSR count). The Morgan fingerprint density at radius 3 is 2.77 bits per heavy atom. The molecule has 0 aliphatic heterocycles. The van der Waals surface area contributed by atoms with Gasteiger partial charge in [0, 0.05) is 30.2 Å². The third-order valence-corrected chi connectivity index (χ3v) is 5.42. The number of imidazole rings is 1. The van der Waals surface area contributed by atoms with Crippen LogP contribution in [0.25, 0.3) is 5.69 Å². The van der Waals surface area contributed by atoms with Crippen molar-refractivity contribution in [3.05, 3.63) is 53.1 Å². The summed E-state index contributed by atoms with van der Waals surface area (Å²) in [7, 11) is 1.86. The number of halogens is 1. The van der Waals surface area contributed by atoms with Gasteiger partial charge in [0.2, 0.25) is 5.91 Å². The van der Waals surface area contributed by atoms with Crippen LogP contribution in [0.5, 0.6) is 0 Å². The number of nitrogens with one attached hydrogen (secondary N) is 1. The highest BCUT2D eigenvalue weighted by Gasteiger charge is 2.20. The second-order valence-electron chi connectivity index (χ2n) is 5.98. The van der Waals surface area contributed by atoms with E-state index in [9.17, 15) is 4.79 Å². The Hall–Kier alpha value is -2.25. The van der Waals surface area contributed by atoms with Gasteiger partial charge in [0.25, 0.3) is 0 Å². The lowest BCUT2D eigenvalue weighted by Crippen LogP contribution is -2.23. The molecule has 8 heteroatoms. The number of hydrogen-bond donors (Lipinski definition) is 1. The van der Waals surface area contributed by atoms with E-state index in [-0.39, 0.29) is 11.2 Å². The molecule has 26 heavy (non-hydrogen) atoms. The molecule has 0 aliphatic rings. The molecule has 1 amide bonds. The smallest absolute Gasteiger partial charge is 0.237 e. The number of rotatable bonds is 5. The number of carbonyl (C=O) groups excluding carboxylic acids is 1. The Bertz CT molecular complexity index is 949. The minimum atomic E-state index is -0.325. The molecule has 1 unspecified atom stereocenters. The van der Waals surface area contributed by atoms with Crippen LogP contribution in [-0.4, -0.2) is 30.5 Å².